The molecule has 0 atom stereocenters. The number of thioether (sulfide) groups is 1. The maximum Gasteiger partial charge on any atom is 0.240 e. The van der Waals surface area contributed by atoms with Crippen molar-refractivity contribution in [3.63, 3.8) is 0 Å². The Morgan fingerprint density at radius 1 is 1.41 bits per heavy atom. The zero-order valence-corrected chi connectivity index (χ0v) is 11.1. The molecule has 5 nitrogen and oxygen atoms in total. The first-order chi connectivity index (χ1) is 8.38. The maximum atomic E-state index is 5.26. The number of hydrogen-bond acceptors (Lipinski definition) is 6. The largest absolute Gasteiger partial charge is 0.338 e. The number of rotatable bonds is 6. The van der Waals surface area contributed by atoms with Crippen molar-refractivity contribution in [2.24, 2.45) is 0 Å². The van der Waals surface area contributed by atoms with Crippen LogP contribution in [-0.4, -0.2) is 47.0 Å². The zero-order chi connectivity index (χ0) is 11.9. The van der Waals surface area contributed by atoms with Crippen LogP contribution in [0, 0.1) is 0 Å². The van der Waals surface area contributed by atoms with Gasteiger partial charge in [0.25, 0.3) is 0 Å². The Bertz CT molecular complexity index is 325. The summed E-state index contributed by atoms with van der Waals surface area (Å²) in [5.74, 6) is 3.59. The molecule has 17 heavy (non-hydrogen) atoms. The third-order valence-electron chi connectivity index (χ3n) is 2.66. The molecule has 1 aliphatic rings. The van der Waals surface area contributed by atoms with E-state index in [1.54, 1.807) is 0 Å². The highest BCUT2D eigenvalue weighted by atomic mass is 32.2. The van der Waals surface area contributed by atoms with E-state index in [2.05, 4.69) is 27.3 Å². The van der Waals surface area contributed by atoms with Gasteiger partial charge in [-0.25, -0.2) is 0 Å². The van der Waals surface area contributed by atoms with Gasteiger partial charge in [-0.15, -0.1) is 0 Å². The number of hydrogen-bond donors (Lipinski definition) is 1. The van der Waals surface area contributed by atoms with Gasteiger partial charge in [-0.1, -0.05) is 12.1 Å². The highest BCUT2D eigenvalue weighted by Gasteiger charge is 2.14. The van der Waals surface area contributed by atoms with Gasteiger partial charge in [-0.3, -0.25) is 4.90 Å². The van der Waals surface area contributed by atoms with Crippen LogP contribution in [-0.2, 0) is 12.3 Å². The first-order valence-corrected chi connectivity index (χ1v) is 7.36. The molecule has 96 valence electrons. The first-order valence-electron chi connectivity index (χ1n) is 6.20. The highest BCUT2D eigenvalue weighted by Crippen LogP contribution is 2.11. The summed E-state index contributed by atoms with van der Waals surface area (Å²) >= 11 is 1.86. The quantitative estimate of drug-likeness (QED) is 0.770. The van der Waals surface area contributed by atoms with E-state index in [-0.39, 0.29) is 0 Å². The molecule has 6 heteroatoms. The van der Waals surface area contributed by atoms with Gasteiger partial charge in [0, 0.05) is 26.2 Å². The summed E-state index contributed by atoms with van der Waals surface area (Å²) in [5.41, 5.74) is 0. The van der Waals surface area contributed by atoms with Crippen molar-refractivity contribution in [2.75, 3.05) is 31.9 Å². The van der Waals surface area contributed by atoms with Crippen LogP contribution < -0.4 is 5.32 Å². The smallest absolute Gasteiger partial charge is 0.240 e. The molecular weight excluding hydrogens is 236 g/mol. The van der Waals surface area contributed by atoms with Crippen molar-refractivity contribution in [1.29, 1.82) is 0 Å². The predicted octanol–water partition coefficient (Wildman–Crippen LogP) is 1.12. The molecule has 1 aromatic rings. The fourth-order valence-electron chi connectivity index (χ4n) is 1.78. The van der Waals surface area contributed by atoms with E-state index in [4.69, 9.17) is 4.52 Å². The number of nitrogens with zero attached hydrogens (tertiary/aromatic N) is 3. The summed E-state index contributed by atoms with van der Waals surface area (Å²) in [6, 6.07) is 0. The van der Waals surface area contributed by atoms with E-state index < -0.39 is 0 Å². The lowest BCUT2D eigenvalue weighted by Gasteiger charge is -2.25. The van der Waals surface area contributed by atoms with Gasteiger partial charge >= 0.3 is 0 Å². The summed E-state index contributed by atoms with van der Waals surface area (Å²) in [5, 5.41) is 7.33. The fourth-order valence-corrected chi connectivity index (χ4v) is 2.51. The summed E-state index contributed by atoms with van der Waals surface area (Å²) in [4.78, 5) is 6.76. The van der Waals surface area contributed by atoms with Gasteiger partial charge < -0.3 is 9.84 Å². The molecular formula is C11H20N4OS. The van der Waals surface area contributed by atoms with Crippen LogP contribution in [0.2, 0.25) is 0 Å². The van der Waals surface area contributed by atoms with Crippen molar-refractivity contribution >= 4 is 11.8 Å². The molecule has 1 N–H and O–H groups in total. The lowest BCUT2D eigenvalue weighted by molar-refractivity contribution is 0.203. The van der Waals surface area contributed by atoms with Crippen LogP contribution >= 0.6 is 11.8 Å². The molecule has 2 heterocycles. The first kappa shape index (κ1) is 12.9. The van der Waals surface area contributed by atoms with Crippen molar-refractivity contribution < 1.29 is 4.52 Å². The Morgan fingerprint density at radius 3 is 3.00 bits per heavy atom. The maximum absolute atomic E-state index is 5.26. The highest BCUT2D eigenvalue weighted by molar-refractivity contribution is 7.98. The zero-order valence-electron chi connectivity index (χ0n) is 10.3. The number of nitrogens with one attached hydrogen (secondary N) is 1. The molecule has 0 spiro atoms. The summed E-state index contributed by atoms with van der Waals surface area (Å²) in [7, 11) is 0. The minimum atomic E-state index is 0.749. The molecule has 1 saturated heterocycles. The van der Waals surface area contributed by atoms with Gasteiger partial charge in [0.05, 0.1) is 12.3 Å². The van der Waals surface area contributed by atoms with Crippen LogP contribution in [0.4, 0.5) is 0 Å². The lowest BCUT2D eigenvalue weighted by atomic mass is 10.3. The summed E-state index contributed by atoms with van der Waals surface area (Å²) in [6.45, 7) is 7.18. The number of piperazine rings is 1. The monoisotopic (exact) mass is 256 g/mol. The average molecular weight is 256 g/mol. The molecule has 0 radical (unpaired) electrons. The Hall–Kier alpha value is -0.590. The van der Waals surface area contributed by atoms with E-state index in [0.29, 0.717) is 0 Å². The van der Waals surface area contributed by atoms with Gasteiger partial charge in [0.15, 0.2) is 5.82 Å². The normalized spacial score (nSPS) is 17.5. The van der Waals surface area contributed by atoms with Crippen molar-refractivity contribution in [3.8, 4) is 0 Å². The van der Waals surface area contributed by atoms with Crippen molar-refractivity contribution in [2.45, 2.75) is 25.6 Å². The molecule has 1 fully saturated rings. The van der Waals surface area contributed by atoms with E-state index in [1.165, 1.54) is 6.42 Å². The van der Waals surface area contributed by atoms with Gasteiger partial charge in [0.1, 0.15) is 0 Å². The third-order valence-corrected chi connectivity index (χ3v) is 3.82. The fraction of sp³-hybridized carbons (Fsp3) is 0.818. The van der Waals surface area contributed by atoms with E-state index >= 15 is 0 Å². The van der Waals surface area contributed by atoms with Crippen molar-refractivity contribution in [3.05, 3.63) is 11.7 Å². The van der Waals surface area contributed by atoms with Crippen LogP contribution in [0.3, 0.4) is 0 Å². The SMILES string of the molecule is CCCSCc1noc(CN2CCNCC2)n1. The third kappa shape index (κ3) is 4.29. The van der Waals surface area contributed by atoms with E-state index in [1.807, 2.05) is 11.8 Å². The van der Waals surface area contributed by atoms with Crippen LogP contribution in [0.25, 0.3) is 0 Å². The average Bonchev–Trinajstić information content (AvgIpc) is 2.79. The molecule has 0 aliphatic carbocycles. The minimum Gasteiger partial charge on any atom is -0.338 e. The molecule has 2 rings (SSSR count). The molecule has 1 aliphatic heterocycles. The molecule has 0 unspecified atom stereocenters. The van der Waals surface area contributed by atoms with Crippen molar-refractivity contribution in [1.82, 2.24) is 20.4 Å². The Morgan fingerprint density at radius 2 is 2.24 bits per heavy atom. The Balaban J connectivity index is 1.76. The summed E-state index contributed by atoms with van der Waals surface area (Å²) < 4.78 is 5.26. The molecule has 0 aromatic carbocycles. The van der Waals surface area contributed by atoms with Gasteiger partial charge in [-0.05, 0) is 12.2 Å². The van der Waals surface area contributed by atoms with Crippen LogP contribution in [0.5, 0.6) is 0 Å². The Kier molecular flexibility index (Phi) is 5.28. The lowest BCUT2D eigenvalue weighted by Crippen LogP contribution is -2.42. The second kappa shape index (κ2) is 6.98. The molecule has 1 aromatic heterocycles. The molecule has 0 bridgehead atoms. The van der Waals surface area contributed by atoms with Gasteiger partial charge in [-0.2, -0.15) is 16.7 Å². The number of aromatic nitrogens is 2. The Labute approximate surface area is 106 Å². The van der Waals surface area contributed by atoms with E-state index in [9.17, 15) is 0 Å². The van der Waals surface area contributed by atoms with E-state index in [0.717, 1.165) is 55.9 Å². The summed E-state index contributed by atoms with van der Waals surface area (Å²) in [6.07, 6.45) is 1.19. The predicted molar refractivity (Wildman–Crippen MR) is 68.9 cm³/mol. The van der Waals surface area contributed by atoms with Crippen LogP contribution in [0.1, 0.15) is 25.1 Å². The minimum absolute atomic E-state index is 0.749. The second-order valence-electron chi connectivity index (χ2n) is 4.18. The second-order valence-corrected chi connectivity index (χ2v) is 5.29. The molecule has 0 saturated carbocycles. The topological polar surface area (TPSA) is 54.2 Å². The van der Waals surface area contributed by atoms with Crippen LogP contribution in [0.15, 0.2) is 4.52 Å². The van der Waals surface area contributed by atoms with Gasteiger partial charge in [0.2, 0.25) is 5.89 Å². The molecule has 0 amide bonds. The standard InChI is InChI=1S/C11H20N4OS/c1-2-7-17-9-10-13-11(16-14-10)8-15-5-3-12-4-6-15/h12H,2-9H2,1H3.